The normalized spacial score (nSPS) is 15.6. The van der Waals surface area contributed by atoms with E-state index in [1.54, 1.807) is 44.8 Å². The van der Waals surface area contributed by atoms with Gasteiger partial charge in [0.2, 0.25) is 0 Å². The van der Waals surface area contributed by atoms with Crippen LogP contribution in [0.15, 0.2) is 68.3 Å². The molecule has 0 spiro atoms. The fourth-order valence-electron chi connectivity index (χ4n) is 5.00. The first-order valence-corrected chi connectivity index (χ1v) is 13.6. The predicted molar refractivity (Wildman–Crippen MR) is 151 cm³/mol. The number of nitrogens with zero attached hydrogens (tertiary/aromatic N) is 5. The van der Waals surface area contributed by atoms with E-state index < -0.39 is 6.04 Å². The number of carbonyl (C=O) groups is 1. The van der Waals surface area contributed by atoms with Crippen LogP contribution in [0, 0.1) is 0 Å². The summed E-state index contributed by atoms with van der Waals surface area (Å²) < 4.78 is 5.28. The van der Waals surface area contributed by atoms with Gasteiger partial charge in [-0.1, -0.05) is 41.1 Å². The lowest BCUT2D eigenvalue weighted by Gasteiger charge is -2.29. The minimum atomic E-state index is -0.629. The highest BCUT2D eigenvalue weighted by Gasteiger charge is 2.34. The Bertz CT molecular complexity index is 1850. The molecule has 0 fully saturated rings. The fourth-order valence-corrected chi connectivity index (χ4v) is 6.17. The third kappa shape index (κ3) is 4.16. The second kappa shape index (κ2) is 9.89. The maximum Gasteiger partial charge on any atom is 0.328 e. The van der Waals surface area contributed by atoms with E-state index in [0.717, 1.165) is 22.2 Å². The number of likely N-dealkylation sites (N-methyl/N-ethyl adjacent to an activating group) is 1. The van der Waals surface area contributed by atoms with Crippen molar-refractivity contribution < 1.29 is 4.79 Å². The number of benzene rings is 2. The van der Waals surface area contributed by atoms with Crippen molar-refractivity contribution in [3.05, 3.63) is 100 Å². The third-order valence-corrected chi connectivity index (χ3v) is 8.32. The van der Waals surface area contributed by atoms with Crippen molar-refractivity contribution in [3.8, 4) is 0 Å². The van der Waals surface area contributed by atoms with Crippen LogP contribution < -0.4 is 20.6 Å². The van der Waals surface area contributed by atoms with E-state index in [4.69, 9.17) is 16.6 Å². The number of aryl methyl sites for hydroxylation is 2. The van der Waals surface area contributed by atoms with Crippen LogP contribution in [0.5, 0.6) is 0 Å². The van der Waals surface area contributed by atoms with Crippen molar-refractivity contribution in [1.82, 2.24) is 18.6 Å². The van der Waals surface area contributed by atoms with Gasteiger partial charge >= 0.3 is 5.69 Å². The Hall–Kier alpha value is -3.69. The van der Waals surface area contributed by atoms with Gasteiger partial charge in [-0.05, 0) is 62.2 Å². The van der Waals surface area contributed by atoms with Gasteiger partial charge in [-0.25, -0.2) is 9.79 Å². The summed E-state index contributed by atoms with van der Waals surface area (Å²) in [6.07, 6.45) is 1.81. The standard InChI is InChI=1S/C28H28ClN5O3S/c1-6-33(7-2)26(36)23-16(3)30-27-34(24(23)18-9-11-19(29)12-10-18)25(35)22(38-27)15-17-8-13-20-21(14-17)32(5)28(37)31(20)4/h8-15,24H,6-7H2,1-5H3/b22-15+/t24-/m1/s1. The summed E-state index contributed by atoms with van der Waals surface area (Å²) in [4.78, 5) is 46.9. The lowest BCUT2D eigenvalue weighted by molar-refractivity contribution is -0.127. The lowest BCUT2D eigenvalue weighted by atomic mass is 9.94. The Morgan fingerprint density at radius 2 is 1.71 bits per heavy atom. The molecule has 2 aromatic heterocycles. The highest BCUT2D eigenvalue weighted by molar-refractivity contribution is 7.07. The number of fused-ring (bicyclic) bond motifs is 2. The van der Waals surface area contributed by atoms with E-state index in [-0.39, 0.29) is 17.2 Å². The minimum Gasteiger partial charge on any atom is -0.339 e. The number of hydrogen-bond acceptors (Lipinski definition) is 5. The summed E-state index contributed by atoms with van der Waals surface area (Å²) in [5.41, 5.74) is 3.91. The third-order valence-electron chi connectivity index (χ3n) is 7.08. The minimum absolute atomic E-state index is 0.111. The summed E-state index contributed by atoms with van der Waals surface area (Å²) in [6, 6.07) is 12.3. The van der Waals surface area contributed by atoms with E-state index in [9.17, 15) is 14.4 Å². The number of thiazole rings is 1. The molecule has 3 heterocycles. The maximum absolute atomic E-state index is 13.9. The average Bonchev–Trinajstić information content (AvgIpc) is 3.32. The zero-order chi connectivity index (χ0) is 27.3. The second-order valence-electron chi connectivity index (χ2n) is 9.26. The molecule has 0 bridgehead atoms. The summed E-state index contributed by atoms with van der Waals surface area (Å²) >= 11 is 7.45. The molecule has 0 radical (unpaired) electrons. The molecule has 10 heteroatoms. The quantitative estimate of drug-likeness (QED) is 0.384. The van der Waals surface area contributed by atoms with Crippen LogP contribution in [0.4, 0.5) is 0 Å². The van der Waals surface area contributed by atoms with E-state index in [1.807, 2.05) is 57.2 Å². The first kappa shape index (κ1) is 25.9. The Morgan fingerprint density at radius 3 is 2.37 bits per heavy atom. The van der Waals surface area contributed by atoms with Crippen LogP contribution in [0.2, 0.25) is 5.02 Å². The van der Waals surface area contributed by atoms with Crippen LogP contribution in [0.25, 0.3) is 17.1 Å². The van der Waals surface area contributed by atoms with Crippen LogP contribution in [0.3, 0.4) is 0 Å². The number of imidazole rings is 1. The van der Waals surface area contributed by atoms with E-state index in [0.29, 0.717) is 38.7 Å². The van der Waals surface area contributed by atoms with Crippen LogP contribution >= 0.6 is 22.9 Å². The molecule has 196 valence electrons. The SMILES string of the molecule is CCN(CC)C(=O)C1=C(C)N=c2s/c(=C/c3ccc4c(c3)n(C)c(=O)n4C)c(=O)n2[C@@H]1c1ccc(Cl)cc1. The van der Waals surface area contributed by atoms with Crippen LogP contribution in [-0.2, 0) is 18.9 Å². The molecule has 4 aromatic rings. The molecular weight excluding hydrogens is 522 g/mol. The van der Waals surface area contributed by atoms with Crippen molar-refractivity contribution in [3.63, 3.8) is 0 Å². The molecule has 1 aliphatic heterocycles. The van der Waals surface area contributed by atoms with Gasteiger partial charge < -0.3 is 4.90 Å². The molecule has 1 atom stereocenters. The number of carbonyl (C=O) groups excluding carboxylic acids is 1. The first-order valence-electron chi connectivity index (χ1n) is 12.4. The number of amides is 1. The zero-order valence-corrected chi connectivity index (χ0v) is 23.4. The summed E-state index contributed by atoms with van der Waals surface area (Å²) in [5.74, 6) is -0.138. The molecule has 1 amide bonds. The molecule has 0 aliphatic carbocycles. The van der Waals surface area contributed by atoms with Gasteiger partial charge in [-0.2, -0.15) is 0 Å². The van der Waals surface area contributed by atoms with Gasteiger partial charge in [0, 0.05) is 32.2 Å². The van der Waals surface area contributed by atoms with Gasteiger partial charge in [0.05, 0.1) is 32.9 Å². The van der Waals surface area contributed by atoms with Crippen molar-refractivity contribution in [1.29, 1.82) is 0 Å². The molecule has 5 rings (SSSR count). The number of rotatable bonds is 5. The largest absolute Gasteiger partial charge is 0.339 e. The van der Waals surface area contributed by atoms with Crippen molar-refractivity contribution >= 4 is 46.0 Å². The molecule has 0 N–H and O–H groups in total. The molecule has 2 aromatic carbocycles. The number of allylic oxidation sites excluding steroid dienone is 1. The van der Waals surface area contributed by atoms with Gasteiger partial charge in [-0.3, -0.25) is 23.3 Å². The Kier molecular flexibility index (Phi) is 6.75. The Morgan fingerprint density at radius 1 is 1.05 bits per heavy atom. The summed E-state index contributed by atoms with van der Waals surface area (Å²) in [7, 11) is 3.46. The zero-order valence-electron chi connectivity index (χ0n) is 21.9. The van der Waals surface area contributed by atoms with Gasteiger partial charge in [0.1, 0.15) is 0 Å². The van der Waals surface area contributed by atoms with E-state index in [2.05, 4.69) is 0 Å². The smallest absolute Gasteiger partial charge is 0.328 e. The molecule has 1 aliphatic rings. The number of aromatic nitrogens is 3. The molecular formula is C28H28ClN5O3S. The van der Waals surface area contributed by atoms with Crippen LogP contribution in [0.1, 0.15) is 37.9 Å². The number of halogens is 1. The van der Waals surface area contributed by atoms with Crippen molar-refractivity contribution in [2.24, 2.45) is 19.1 Å². The van der Waals surface area contributed by atoms with Gasteiger partial charge in [0.25, 0.3) is 11.5 Å². The average molecular weight is 550 g/mol. The fraction of sp³-hybridized carbons (Fsp3) is 0.286. The van der Waals surface area contributed by atoms with E-state index >= 15 is 0 Å². The Balaban J connectivity index is 1.72. The summed E-state index contributed by atoms with van der Waals surface area (Å²) in [5, 5.41) is 0.573. The highest BCUT2D eigenvalue weighted by atomic mass is 35.5. The predicted octanol–water partition coefficient (Wildman–Crippen LogP) is 2.95. The molecule has 0 saturated carbocycles. The monoisotopic (exact) mass is 549 g/mol. The first-order chi connectivity index (χ1) is 18.2. The van der Waals surface area contributed by atoms with E-state index in [1.165, 1.54) is 11.3 Å². The topological polar surface area (TPSA) is 81.6 Å². The maximum atomic E-state index is 13.9. The molecule has 8 nitrogen and oxygen atoms in total. The molecule has 0 saturated heterocycles. The van der Waals surface area contributed by atoms with Gasteiger partial charge in [-0.15, -0.1) is 0 Å². The van der Waals surface area contributed by atoms with Crippen molar-refractivity contribution in [2.45, 2.75) is 26.8 Å². The van der Waals surface area contributed by atoms with Crippen molar-refractivity contribution in [2.75, 3.05) is 13.1 Å². The molecule has 0 unspecified atom stereocenters. The molecule has 38 heavy (non-hydrogen) atoms. The number of hydrogen-bond donors (Lipinski definition) is 0. The lowest BCUT2D eigenvalue weighted by Crippen LogP contribution is -2.43. The Labute approximate surface area is 228 Å². The van der Waals surface area contributed by atoms with Gasteiger partial charge in [0.15, 0.2) is 4.80 Å². The summed E-state index contributed by atoms with van der Waals surface area (Å²) in [6.45, 7) is 6.79. The second-order valence-corrected chi connectivity index (χ2v) is 10.7. The van der Waals surface area contributed by atoms with Crippen LogP contribution in [-0.4, -0.2) is 37.6 Å². The highest BCUT2D eigenvalue weighted by Crippen LogP contribution is 2.31.